The Kier molecular flexibility index (Phi) is 11.7. The second-order valence-corrected chi connectivity index (χ2v) is 21.1. The third kappa shape index (κ3) is 7.45. The Morgan fingerprint density at radius 2 is 1.40 bits per heavy atom. The van der Waals surface area contributed by atoms with Crippen molar-refractivity contribution in [1.29, 1.82) is 0 Å². The molecule has 0 heterocycles. The summed E-state index contributed by atoms with van der Waals surface area (Å²) in [5.74, 6) is 0.302. The first-order valence-corrected chi connectivity index (χ1v) is 20.2. The van der Waals surface area contributed by atoms with E-state index in [4.69, 9.17) is 0 Å². The topological polar surface area (TPSA) is 0 Å². The van der Waals surface area contributed by atoms with Crippen LogP contribution in [0.2, 0.25) is 0 Å². The molecule has 4 heteroatoms. The SMILES string of the molecule is CCC1=[C](/[Zr+2](=[CH]/c2ccc(F)cc2)[c]2c(C(C)(C)C)ccc3c2Cc2cc(C(C)(C)C)ccc2-3)C(CC)C=C1C(C)(C)C.[Cl-].[Cl-]. The molecule has 2 aliphatic rings. The maximum atomic E-state index is 14.1. The van der Waals surface area contributed by atoms with Crippen molar-refractivity contribution in [3.63, 3.8) is 0 Å². The van der Waals surface area contributed by atoms with Crippen LogP contribution < -0.4 is 28.1 Å². The first-order valence-electron chi connectivity index (χ1n) is 16.3. The molecule has 240 valence electrons. The number of hydrogen-bond donors (Lipinski definition) is 0. The van der Waals surface area contributed by atoms with E-state index in [2.05, 4.69) is 116 Å². The average molecular weight is 725 g/mol. The van der Waals surface area contributed by atoms with Crippen molar-refractivity contribution < 1.29 is 50.5 Å². The van der Waals surface area contributed by atoms with Gasteiger partial charge in [0.1, 0.15) is 0 Å². The van der Waals surface area contributed by atoms with Gasteiger partial charge in [-0.1, -0.05) is 0 Å². The number of benzene rings is 3. The number of hydrogen-bond acceptors (Lipinski definition) is 0. The molecular weight excluding hydrogens is 674 g/mol. The van der Waals surface area contributed by atoms with Gasteiger partial charge < -0.3 is 24.8 Å². The Labute approximate surface area is 293 Å². The third-order valence-electron chi connectivity index (χ3n) is 9.48. The fourth-order valence-corrected chi connectivity index (χ4v) is 16.3. The fraction of sp³-hybridized carbons (Fsp3) is 0.439. The predicted molar refractivity (Wildman–Crippen MR) is 182 cm³/mol. The molecule has 3 aromatic carbocycles. The van der Waals surface area contributed by atoms with Crippen LogP contribution >= 0.6 is 0 Å². The summed E-state index contributed by atoms with van der Waals surface area (Å²) in [6.07, 6.45) is 5.80. The van der Waals surface area contributed by atoms with E-state index in [1.54, 1.807) is 35.4 Å². The minimum Gasteiger partial charge on any atom is -1.00 e. The summed E-state index contributed by atoms with van der Waals surface area (Å²) < 4.78 is 20.2. The van der Waals surface area contributed by atoms with Gasteiger partial charge in [-0.25, -0.2) is 0 Å². The fourth-order valence-electron chi connectivity index (χ4n) is 7.21. The van der Waals surface area contributed by atoms with Gasteiger partial charge in [-0.2, -0.15) is 0 Å². The number of halogens is 3. The summed E-state index contributed by atoms with van der Waals surface area (Å²) in [6.45, 7) is 25.9. The molecule has 0 N–H and O–H groups in total. The largest absolute Gasteiger partial charge is 1.00 e. The Balaban J connectivity index is 0.00000276. The average Bonchev–Trinajstić information content (AvgIpc) is 3.49. The van der Waals surface area contributed by atoms with Gasteiger partial charge in [0, 0.05) is 0 Å². The Hall–Kier alpha value is -1.60. The normalized spacial score (nSPS) is 16.2. The van der Waals surface area contributed by atoms with E-state index in [-0.39, 0.29) is 46.9 Å². The zero-order valence-electron chi connectivity index (χ0n) is 29.2. The van der Waals surface area contributed by atoms with Crippen molar-refractivity contribution in [3.8, 4) is 11.1 Å². The summed E-state index contributed by atoms with van der Waals surface area (Å²) in [5, 5.41) is 0. The summed E-state index contributed by atoms with van der Waals surface area (Å²) in [7, 11) is 0. The van der Waals surface area contributed by atoms with Crippen LogP contribution in [0, 0.1) is 17.2 Å². The standard InChI is InChI=1S/C21H25.C13H21.C7H5F.2ClH.Zr/c1-20(2,3)16-7-9-18-14(12-16)11-15-13-17(21(4,5)6)8-10-19(15)18;1-6-10-8-11(7-2)12(9-10)13(3,4)5;1-6-2-4-7(8)5-3-6;;;/h7-10,12H,11H2,1-6H3;9-10H,6-7H2,1-5H3;1-5H;2*1H;/q;;;;;+2/p-2. The maximum Gasteiger partial charge on any atom is -1.00 e. The van der Waals surface area contributed by atoms with Gasteiger partial charge in [0.15, 0.2) is 0 Å². The second kappa shape index (κ2) is 13.9. The molecule has 0 bridgehead atoms. The van der Waals surface area contributed by atoms with Crippen LogP contribution in [-0.2, 0) is 38.5 Å². The van der Waals surface area contributed by atoms with Crippen LogP contribution in [0.25, 0.3) is 11.1 Å². The van der Waals surface area contributed by atoms with Crippen molar-refractivity contribution in [3.05, 3.63) is 109 Å². The van der Waals surface area contributed by atoms with E-state index in [1.807, 2.05) is 12.1 Å². The molecular formula is C41H51Cl2FZr. The van der Waals surface area contributed by atoms with Gasteiger partial charge in [0.2, 0.25) is 0 Å². The first-order chi connectivity index (χ1) is 20.0. The van der Waals surface area contributed by atoms with E-state index < -0.39 is 21.3 Å². The number of allylic oxidation sites excluding steroid dienone is 4. The Bertz CT molecular complexity index is 1650. The Morgan fingerprint density at radius 3 is 1.93 bits per heavy atom. The van der Waals surface area contributed by atoms with Crippen LogP contribution in [0.15, 0.2) is 75.1 Å². The zero-order chi connectivity index (χ0) is 31.5. The van der Waals surface area contributed by atoms with E-state index in [0.29, 0.717) is 5.92 Å². The summed E-state index contributed by atoms with van der Waals surface area (Å²) >= 11 is -2.77. The minimum absolute atomic E-state index is 0. The van der Waals surface area contributed by atoms with Crippen LogP contribution in [0.1, 0.15) is 117 Å². The molecule has 0 amide bonds. The quantitative estimate of drug-likeness (QED) is 0.279. The van der Waals surface area contributed by atoms with Gasteiger partial charge in [0.05, 0.1) is 0 Å². The van der Waals surface area contributed by atoms with Crippen molar-refractivity contribution in [2.45, 2.75) is 106 Å². The first kappa shape index (κ1) is 37.9. The number of rotatable bonds is 5. The molecule has 0 aromatic heterocycles. The maximum absolute atomic E-state index is 14.1. The molecule has 0 radical (unpaired) electrons. The van der Waals surface area contributed by atoms with E-state index in [1.165, 1.54) is 33.4 Å². The van der Waals surface area contributed by atoms with Gasteiger partial charge >= 0.3 is 270 Å². The van der Waals surface area contributed by atoms with Crippen LogP contribution in [-0.4, -0.2) is 3.71 Å². The molecule has 0 aliphatic heterocycles. The summed E-state index contributed by atoms with van der Waals surface area (Å²) in [4.78, 5) is 0. The van der Waals surface area contributed by atoms with Crippen LogP contribution in [0.4, 0.5) is 4.39 Å². The summed E-state index contributed by atoms with van der Waals surface area (Å²) in [6, 6.07) is 19.4. The summed E-state index contributed by atoms with van der Waals surface area (Å²) in [5.41, 5.74) is 13.3. The number of fused-ring (bicyclic) bond motifs is 3. The Morgan fingerprint density at radius 1 is 0.778 bits per heavy atom. The van der Waals surface area contributed by atoms with E-state index in [9.17, 15) is 4.39 Å². The molecule has 0 spiro atoms. The van der Waals surface area contributed by atoms with Gasteiger partial charge in [-0.15, -0.1) is 0 Å². The molecule has 1 unspecified atom stereocenters. The molecule has 0 nitrogen and oxygen atoms in total. The van der Waals surface area contributed by atoms with Crippen LogP contribution in [0.3, 0.4) is 0 Å². The monoisotopic (exact) mass is 722 g/mol. The van der Waals surface area contributed by atoms with Gasteiger partial charge in [-0.3, -0.25) is 0 Å². The molecule has 0 saturated heterocycles. The molecule has 1 atom stereocenters. The molecule has 2 aliphatic carbocycles. The van der Waals surface area contributed by atoms with E-state index >= 15 is 0 Å². The van der Waals surface area contributed by atoms with E-state index in [0.717, 1.165) is 19.3 Å². The van der Waals surface area contributed by atoms with Gasteiger partial charge in [-0.05, 0) is 0 Å². The minimum atomic E-state index is -2.77. The molecule has 0 fully saturated rings. The zero-order valence-corrected chi connectivity index (χ0v) is 33.2. The van der Waals surface area contributed by atoms with Crippen LogP contribution in [0.5, 0.6) is 0 Å². The van der Waals surface area contributed by atoms with Crippen molar-refractivity contribution in [2.75, 3.05) is 0 Å². The predicted octanol–water partition coefficient (Wildman–Crippen LogP) is 4.77. The third-order valence-corrected chi connectivity index (χ3v) is 16.8. The van der Waals surface area contributed by atoms with Crippen molar-refractivity contribution >= 4 is 6.98 Å². The molecule has 5 rings (SSSR count). The van der Waals surface area contributed by atoms with Crippen molar-refractivity contribution in [1.82, 2.24) is 0 Å². The van der Waals surface area contributed by atoms with Crippen molar-refractivity contribution in [2.24, 2.45) is 11.3 Å². The molecule has 45 heavy (non-hydrogen) atoms. The molecule has 0 saturated carbocycles. The smallest absolute Gasteiger partial charge is 1.00 e. The second-order valence-electron chi connectivity index (χ2n) is 15.8. The van der Waals surface area contributed by atoms with Gasteiger partial charge in [0.25, 0.3) is 0 Å². The molecule has 3 aromatic rings.